The maximum atomic E-state index is 6.11. The molecule has 1 aliphatic heterocycles. The average Bonchev–Trinajstić information content (AvgIpc) is 2.77. The maximum Gasteiger partial charge on any atom is 0.192 e. The summed E-state index contributed by atoms with van der Waals surface area (Å²) in [4.78, 5) is 6.90. The van der Waals surface area contributed by atoms with Crippen LogP contribution in [0.1, 0.15) is 51.0 Å². The minimum Gasteiger partial charge on any atom is -0.370 e. The van der Waals surface area contributed by atoms with Gasteiger partial charge in [0.2, 0.25) is 0 Å². The van der Waals surface area contributed by atoms with Gasteiger partial charge >= 0.3 is 0 Å². The first-order valence-corrected chi connectivity index (χ1v) is 7.77. The normalized spacial score (nSPS) is 30.1. The van der Waals surface area contributed by atoms with Crippen molar-refractivity contribution in [2.45, 2.75) is 57.0 Å². The van der Waals surface area contributed by atoms with Crippen molar-refractivity contribution >= 4 is 5.96 Å². The van der Waals surface area contributed by atoms with E-state index in [0.29, 0.717) is 12.0 Å². The first kappa shape index (κ1) is 13.5. The zero-order valence-corrected chi connectivity index (χ0v) is 12.5. The first-order chi connectivity index (χ1) is 9.62. The lowest BCUT2D eigenvalue weighted by molar-refractivity contribution is 0.108. The van der Waals surface area contributed by atoms with Gasteiger partial charge in [-0.05, 0) is 51.0 Å². The van der Waals surface area contributed by atoms with Crippen molar-refractivity contribution in [3.63, 3.8) is 0 Å². The number of aliphatic imine (C=N–C) groups is 1. The van der Waals surface area contributed by atoms with Crippen molar-refractivity contribution in [1.29, 1.82) is 0 Å². The number of rotatable bonds is 2. The molecule has 0 unspecified atom stereocenters. The van der Waals surface area contributed by atoms with E-state index in [0.717, 1.165) is 12.5 Å². The lowest BCUT2D eigenvalue weighted by Gasteiger charge is -2.46. The van der Waals surface area contributed by atoms with Crippen LogP contribution in [0.5, 0.6) is 0 Å². The molecule has 1 aliphatic carbocycles. The first-order valence-electron chi connectivity index (χ1n) is 7.77. The summed E-state index contributed by atoms with van der Waals surface area (Å²) in [6, 6.07) is 11.4. The van der Waals surface area contributed by atoms with Gasteiger partial charge in [0.05, 0.1) is 12.1 Å². The van der Waals surface area contributed by atoms with Crippen LogP contribution < -0.4 is 5.73 Å². The molecule has 0 atom stereocenters. The molecule has 1 aromatic rings. The Kier molecular flexibility index (Phi) is 3.45. The number of nitrogens with two attached hydrogens (primary N) is 1. The van der Waals surface area contributed by atoms with Crippen molar-refractivity contribution in [3.05, 3.63) is 35.9 Å². The van der Waals surface area contributed by atoms with Gasteiger partial charge in [0, 0.05) is 6.04 Å². The molecule has 2 N–H and O–H groups in total. The zero-order chi connectivity index (χ0) is 14.2. The molecular weight excluding hydrogens is 246 g/mol. The highest BCUT2D eigenvalue weighted by Crippen LogP contribution is 2.43. The smallest absolute Gasteiger partial charge is 0.192 e. The molecule has 0 saturated heterocycles. The Bertz CT molecular complexity index is 484. The van der Waals surface area contributed by atoms with Gasteiger partial charge < -0.3 is 10.6 Å². The molecule has 1 spiro atoms. The lowest BCUT2D eigenvalue weighted by atomic mass is 9.73. The topological polar surface area (TPSA) is 41.6 Å². The Morgan fingerprint density at radius 2 is 1.85 bits per heavy atom. The van der Waals surface area contributed by atoms with Crippen molar-refractivity contribution in [1.82, 2.24) is 4.90 Å². The van der Waals surface area contributed by atoms with Gasteiger partial charge in [-0.25, -0.2) is 0 Å². The largest absolute Gasteiger partial charge is 0.370 e. The van der Waals surface area contributed by atoms with E-state index in [9.17, 15) is 0 Å². The molecule has 3 nitrogen and oxygen atoms in total. The second-order valence-corrected chi connectivity index (χ2v) is 6.55. The Morgan fingerprint density at radius 1 is 1.20 bits per heavy atom. The van der Waals surface area contributed by atoms with Crippen LogP contribution in [0.25, 0.3) is 0 Å². The van der Waals surface area contributed by atoms with Crippen LogP contribution in [0.15, 0.2) is 35.3 Å². The van der Waals surface area contributed by atoms with E-state index in [4.69, 9.17) is 5.73 Å². The highest BCUT2D eigenvalue weighted by atomic mass is 15.4. The molecule has 1 saturated carbocycles. The Morgan fingerprint density at radius 3 is 2.45 bits per heavy atom. The minimum absolute atomic E-state index is 0.198. The lowest BCUT2D eigenvalue weighted by Crippen LogP contribution is -2.56. The molecule has 1 aromatic carbocycles. The van der Waals surface area contributed by atoms with Gasteiger partial charge in [-0.1, -0.05) is 30.3 Å². The molecule has 0 radical (unpaired) electrons. The summed E-state index contributed by atoms with van der Waals surface area (Å²) in [6.07, 6.45) is 4.90. The van der Waals surface area contributed by atoms with Crippen LogP contribution in [-0.2, 0) is 0 Å². The number of hydrogen-bond acceptors (Lipinski definition) is 3. The fourth-order valence-electron chi connectivity index (χ4n) is 4.05. The summed E-state index contributed by atoms with van der Waals surface area (Å²) in [6.45, 7) is 5.33. The second kappa shape index (κ2) is 5.12. The van der Waals surface area contributed by atoms with Crippen LogP contribution in [0, 0.1) is 0 Å². The molecule has 1 fully saturated rings. The van der Waals surface area contributed by atoms with Gasteiger partial charge in [-0.3, -0.25) is 4.99 Å². The standard InChI is InChI=1S/C17H25N3/c1-13(2)20-16(18)19-12-17(20)10-8-15(9-11-17)14-6-4-3-5-7-14/h3-7,13,15H,8-12H2,1-2H3,(H2,18,19). The predicted octanol–water partition coefficient (Wildman–Crippen LogP) is 3.12. The van der Waals surface area contributed by atoms with Crippen LogP contribution >= 0.6 is 0 Å². The molecule has 2 aliphatic rings. The molecule has 0 bridgehead atoms. The molecule has 3 heteroatoms. The van der Waals surface area contributed by atoms with Crippen LogP contribution in [0.2, 0.25) is 0 Å². The molecule has 0 amide bonds. The summed E-state index contributed by atoms with van der Waals surface area (Å²) < 4.78 is 0. The third kappa shape index (κ3) is 2.19. The van der Waals surface area contributed by atoms with E-state index in [-0.39, 0.29) is 5.54 Å². The van der Waals surface area contributed by atoms with E-state index < -0.39 is 0 Å². The molecular formula is C17H25N3. The quantitative estimate of drug-likeness (QED) is 0.898. The van der Waals surface area contributed by atoms with Crippen molar-refractivity contribution in [2.24, 2.45) is 10.7 Å². The summed E-state index contributed by atoms with van der Waals surface area (Å²) in [5.41, 5.74) is 7.80. The van der Waals surface area contributed by atoms with E-state index in [2.05, 4.69) is 54.1 Å². The van der Waals surface area contributed by atoms with Crippen molar-refractivity contribution in [3.8, 4) is 0 Å². The number of hydrogen-bond donors (Lipinski definition) is 1. The van der Waals surface area contributed by atoms with Gasteiger partial charge in [-0.2, -0.15) is 0 Å². The van der Waals surface area contributed by atoms with Gasteiger partial charge in [0.25, 0.3) is 0 Å². The third-order valence-corrected chi connectivity index (χ3v) is 5.00. The zero-order valence-electron chi connectivity index (χ0n) is 12.5. The second-order valence-electron chi connectivity index (χ2n) is 6.55. The third-order valence-electron chi connectivity index (χ3n) is 5.00. The monoisotopic (exact) mass is 271 g/mol. The van der Waals surface area contributed by atoms with Gasteiger partial charge in [-0.15, -0.1) is 0 Å². The SMILES string of the molecule is CC(C)N1C(N)=NCC12CCC(c1ccccc1)CC2. The fraction of sp³-hybridized carbons (Fsp3) is 0.588. The molecule has 108 valence electrons. The molecule has 1 heterocycles. The van der Waals surface area contributed by atoms with Gasteiger partial charge in [0.1, 0.15) is 0 Å². The van der Waals surface area contributed by atoms with E-state index in [1.54, 1.807) is 0 Å². The van der Waals surface area contributed by atoms with E-state index in [1.165, 1.54) is 31.2 Å². The number of guanidine groups is 1. The highest BCUT2D eigenvalue weighted by Gasteiger charge is 2.45. The minimum atomic E-state index is 0.198. The van der Waals surface area contributed by atoms with Crippen molar-refractivity contribution in [2.75, 3.05) is 6.54 Å². The molecule has 20 heavy (non-hydrogen) atoms. The van der Waals surface area contributed by atoms with E-state index >= 15 is 0 Å². The molecule has 0 aromatic heterocycles. The summed E-state index contributed by atoms with van der Waals surface area (Å²) in [7, 11) is 0. The molecule has 3 rings (SSSR count). The van der Waals surface area contributed by atoms with Gasteiger partial charge in [0.15, 0.2) is 5.96 Å². The number of nitrogens with zero attached hydrogens (tertiary/aromatic N) is 2. The van der Waals surface area contributed by atoms with Crippen LogP contribution in [-0.4, -0.2) is 29.0 Å². The fourth-order valence-corrected chi connectivity index (χ4v) is 4.05. The number of benzene rings is 1. The van der Waals surface area contributed by atoms with Crippen molar-refractivity contribution < 1.29 is 0 Å². The summed E-state index contributed by atoms with van der Waals surface area (Å²) >= 11 is 0. The Labute approximate surface area is 121 Å². The maximum absolute atomic E-state index is 6.11. The van der Waals surface area contributed by atoms with Crippen LogP contribution in [0.3, 0.4) is 0 Å². The Balaban J connectivity index is 1.72. The average molecular weight is 271 g/mol. The summed E-state index contributed by atoms with van der Waals surface area (Å²) in [5, 5.41) is 0. The summed E-state index contributed by atoms with van der Waals surface area (Å²) in [5.74, 6) is 1.45. The Hall–Kier alpha value is -1.51. The van der Waals surface area contributed by atoms with Crippen LogP contribution in [0.4, 0.5) is 0 Å². The van der Waals surface area contributed by atoms with E-state index in [1.807, 2.05) is 0 Å². The highest BCUT2D eigenvalue weighted by molar-refractivity contribution is 5.81. The predicted molar refractivity (Wildman–Crippen MR) is 83.8 cm³/mol.